The van der Waals surface area contributed by atoms with Gasteiger partial charge in [-0.1, -0.05) is 38.5 Å². The standard InChI is InChI=1S/C21H32N2O5S/c1-15-11-16(2)20(17(3)12-15)29(26,27)23-9-7-22(8-10-23)18(24)14-28-19(25)13-21(4,5)6/h11-12H,7-10,13-14H2,1-6H3. The fraction of sp³-hybridized carbons (Fsp3) is 0.619. The summed E-state index contributed by atoms with van der Waals surface area (Å²) in [5.74, 6) is -0.704. The molecule has 1 aliphatic rings. The lowest BCUT2D eigenvalue weighted by molar-refractivity contribution is -0.154. The van der Waals surface area contributed by atoms with Crippen LogP contribution in [0.3, 0.4) is 0 Å². The largest absolute Gasteiger partial charge is 0.456 e. The van der Waals surface area contributed by atoms with Crippen molar-refractivity contribution < 1.29 is 22.7 Å². The van der Waals surface area contributed by atoms with Crippen LogP contribution < -0.4 is 0 Å². The zero-order valence-electron chi connectivity index (χ0n) is 18.2. The first kappa shape index (κ1) is 23.3. The molecule has 0 spiro atoms. The molecule has 0 aromatic heterocycles. The molecule has 0 N–H and O–H groups in total. The van der Waals surface area contributed by atoms with E-state index < -0.39 is 16.0 Å². The monoisotopic (exact) mass is 424 g/mol. The quantitative estimate of drug-likeness (QED) is 0.678. The topological polar surface area (TPSA) is 84.0 Å². The maximum atomic E-state index is 13.1. The Morgan fingerprint density at radius 3 is 2.00 bits per heavy atom. The van der Waals surface area contributed by atoms with Crippen LogP contribution in [0.25, 0.3) is 0 Å². The minimum atomic E-state index is -3.63. The van der Waals surface area contributed by atoms with Crippen LogP contribution in [0.5, 0.6) is 0 Å². The SMILES string of the molecule is Cc1cc(C)c(S(=O)(=O)N2CCN(C(=O)COC(=O)CC(C)(C)C)CC2)c(C)c1. The Hall–Kier alpha value is -1.93. The molecule has 1 amide bonds. The second-order valence-electron chi connectivity index (χ2n) is 8.91. The van der Waals surface area contributed by atoms with Crippen molar-refractivity contribution in [2.75, 3.05) is 32.8 Å². The first-order valence-electron chi connectivity index (χ1n) is 9.82. The molecule has 1 saturated heterocycles. The second kappa shape index (κ2) is 8.83. The van der Waals surface area contributed by atoms with E-state index in [-0.39, 0.29) is 50.5 Å². The van der Waals surface area contributed by atoms with E-state index in [1.807, 2.05) is 39.8 Å². The van der Waals surface area contributed by atoms with Crippen molar-refractivity contribution in [1.82, 2.24) is 9.21 Å². The fourth-order valence-corrected chi connectivity index (χ4v) is 5.43. The molecule has 7 nitrogen and oxygen atoms in total. The van der Waals surface area contributed by atoms with Crippen LogP contribution in [0.15, 0.2) is 17.0 Å². The molecule has 0 radical (unpaired) electrons. The van der Waals surface area contributed by atoms with Crippen LogP contribution in [0.2, 0.25) is 0 Å². The molecule has 0 aliphatic carbocycles. The van der Waals surface area contributed by atoms with E-state index in [0.717, 1.165) is 16.7 Å². The molecule has 162 valence electrons. The lowest BCUT2D eigenvalue weighted by Gasteiger charge is -2.34. The molecule has 2 rings (SSSR count). The number of esters is 1. The van der Waals surface area contributed by atoms with Crippen molar-refractivity contribution in [3.8, 4) is 0 Å². The number of hydrogen-bond donors (Lipinski definition) is 0. The van der Waals surface area contributed by atoms with E-state index in [4.69, 9.17) is 4.74 Å². The fourth-order valence-electron chi connectivity index (χ4n) is 3.60. The van der Waals surface area contributed by atoms with Gasteiger partial charge in [-0.2, -0.15) is 4.31 Å². The summed E-state index contributed by atoms with van der Waals surface area (Å²) in [4.78, 5) is 26.0. The molecule has 8 heteroatoms. The lowest BCUT2D eigenvalue weighted by atomic mass is 9.92. The number of amides is 1. The summed E-state index contributed by atoms with van der Waals surface area (Å²) in [5, 5.41) is 0. The van der Waals surface area contributed by atoms with Crippen LogP contribution in [0.1, 0.15) is 43.9 Å². The van der Waals surface area contributed by atoms with Crippen LogP contribution in [0.4, 0.5) is 0 Å². The van der Waals surface area contributed by atoms with E-state index >= 15 is 0 Å². The molecule has 1 aliphatic heterocycles. The Bertz CT molecular complexity index is 856. The summed E-state index contributed by atoms with van der Waals surface area (Å²) < 4.78 is 32.7. The van der Waals surface area contributed by atoms with Crippen molar-refractivity contribution in [3.05, 3.63) is 28.8 Å². The summed E-state index contributed by atoms with van der Waals surface area (Å²) in [6.07, 6.45) is 0.238. The Kier molecular flexibility index (Phi) is 7.11. The van der Waals surface area contributed by atoms with E-state index in [2.05, 4.69) is 0 Å². The van der Waals surface area contributed by atoms with Gasteiger partial charge in [0.25, 0.3) is 5.91 Å². The van der Waals surface area contributed by atoms with Gasteiger partial charge in [-0.3, -0.25) is 9.59 Å². The van der Waals surface area contributed by atoms with Gasteiger partial charge < -0.3 is 9.64 Å². The minimum absolute atomic E-state index is 0.202. The van der Waals surface area contributed by atoms with E-state index in [1.165, 1.54) is 4.31 Å². The van der Waals surface area contributed by atoms with Crippen molar-refractivity contribution >= 4 is 21.9 Å². The number of aryl methyl sites for hydroxylation is 3. The summed E-state index contributed by atoms with van der Waals surface area (Å²) in [5.41, 5.74) is 2.28. The van der Waals surface area contributed by atoms with Gasteiger partial charge in [0, 0.05) is 26.2 Å². The molecule has 1 aromatic rings. The third kappa shape index (κ3) is 6.02. The number of sulfonamides is 1. The lowest BCUT2D eigenvalue weighted by Crippen LogP contribution is -2.51. The number of hydrogen-bond acceptors (Lipinski definition) is 5. The molecule has 1 fully saturated rings. The number of carbonyl (C=O) groups is 2. The normalized spacial score (nSPS) is 16.0. The Morgan fingerprint density at radius 1 is 1.00 bits per heavy atom. The van der Waals surface area contributed by atoms with Gasteiger partial charge >= 0.3 is 5.97 Å². The van der Waals surface area contributed by atoms with Crippen LogP contribution in [0, 0.1) is 26.2 Å². The van der Waals surface area contributed by atoms with Crippen molar-refractivity contribution in [2.45, 2.75) is 52.9 Å². The molecule has 0 saturated carbocycles. The van der Waals surface area contributed by atoms with Gasteiger partial charge in [-0.25, -0.2) is 8.42 Å². The average Bonchev–Trinajstić information content (AvgIpc) is 2.57. The molecule has 1 heterocycles. The van der Waals surface area contributed by atoms with Gasteiger partial charge in [-0.05, 0) is 37.3 Å². The average molecular weight is 425 g/mol. The van der Waals surface area contributed by atoms with Crippen LogP contribution >= 0.6 is 0 Å². The maximum Gasteiger partial charge on any atom is 0.306 e. The smallest absolute Gasteiger partial charge is 0.306 e. The summed E-state index contributed by atoms with van der Waals surface area (Å²) in [6.45, 7) is 12.0. The summed E-state index contributed by atoms with van der Waals surface area (Å²) in [6, 6.07) is 3.73. The molecule has 0 bridgehead atoms. The Balaban J connectivity index is 1.96. The number of ether oxygens (including phenoxy) is 1. The second-order valence-corrected chi connectivity index (χ2v) is 10.8. The summed E-state index contributed by atoms with van der Waals surface area (Å²) in [7, 11) is -3.63. The molecule has 29 heavy (non-hydrogen) atoms. The molecular formula is C21H32N2O5S. The number of benzene rings is 1. The van der Waals surface area contributed by atoms with Gasteiger partial charge in [0.05, 0.1) is 11.3 Å². The highest BCUT2D eigenvalue weighted by molar-refractivity contribution is 7.89. The maximum absolute atomic E-state index is 13.1. The van der Waals surface area contributed by atoms with Crippen molar-refractivity contribution in [2.24, 2.45) is 5.41 Å². The highest BCUT2D eigenvalue weighted by Gasteiger charge is 2.32. The van der Waals surface area contributed by atoms with Crippen LogP contribution in [-0.2, 0) is 24.3 Å². The molecular weight excluding hydrogens is 392 g/mol. The van der Waals surface area contributed by atoms with Crippen molar-refractivity contribution in [1.29, 1.82) is 0 Å². The predicted molar refractivity (Wildman–Crippen MR) is 111 cm³/mol. The molecule has 1 aromatic carbocycles. The van der Waals surface area contributed by atoms with E-state index in [0.29, 0.717) is 4.90 Å². The third-order valence-corrected chi connectivity index (χ3v) is 7.03. The molecule has 0 unspecified atom stereocenters. The van der Waals surface area contributed by atoms with Gasteiger partial charge in [0.1, 0.15) is 0 Å². The highest BCUT2D eigenvalue weighted by atomic mass is 32.2. The first-order chi connectivity index (χ1) is 13.3. The van der Waals surface area contributed by atoms with E-state index in [1.54, 1.807) is 18.7 Å². The van der Waals surface area contributed by atoms with E-state index in [9.17, 15) is 18.0 Å². The van der Waals surface area contributed by atoms with Gasteiger partial charge in [0.15, 0.2) is 6.61 Å². The van der Waals surface area contributed by atoms with Gasteiger partial charge in [-0.15, -0.1) is 0 Å². The predicted octanol–water partition coefficient (Wildman–Crippen LogP) is 2.42. The first-order valence-corrected chi connectivity index (χ1v) is 11.3. The van der Waals surface area contributed by atoms with Gasteiger partial charge in [0.2, 0.25) is 10.0 Å². The van der Waals surface area contributed by atoms with Crippen molar-refractivity contribution in [3.63, 3.8) is 0 Å². The number of rotatable bonds is 5. The third-order valence-electron chi connectivity index (χ3n) is 4.83. The Labute approximate surface area is 174 Å². The van der Waals surface area contributed by atoms with Crippen LogP contribution in [-0.4, -0.2) is 62.3 Å². The number of piperazine rings is 1. The summed E-state index contributed by atoms with van der Waals surface area (Å²) >= 11 is 0. The zero-order chi connectivity index (χ0) is 22.0. The minimum Gasteiger partial charge on any atom is -0.456 e. The zero-order valence-corrected chi connectivity index (χ0v) is 19.1. The number of nitrogens with zero attached hydrogens (tertiary/aromatic N) is 2. The highest BCUT2D eigenvalue weighted by Crippen LogP contribution is 2.26. The number of carbonyl (C=O) groups excluding carboxylic acids is 2. The Morgan fingerprint density at radius 2 is 1.52 bits per heavy atom. The molecule has 0 atom stereocenters.